The molecule has 0 spiro atoms. The monoisotopic (exact) mass is 557 g/mol. The van der Waals surface area contributed by atoms with Crippen molar-refractivity contribution in [1.82, 2.24) is 10.2 Å². The molecule has 0 fully saturated rings. The maximum absolute atomic E-state index is 13.9. The quantitative estimate of drug-likeness (QED) is 0.335. The lowest BCUT2D eigenvalue weighted by Gasteiger charge is -2.22. The molecule has 1 heterocycles. The van der Waals surface area contributed by atoms with Crippen molar-refractivity contribution in [2.24, 2.45) is 4.99 Å². The van der Waals surface area contributed by atoms with Crippen LogP contribution in [-0.2, 0) is 20.8 Å². The van der Waals surface area contributed by atoms with Crippen molar-refractivity contribution < 1.29 is 18.8 Å². The zero-order valence-corrected chi connectivity index (χ0v) is 23.9. The Morgan fingerprint density at radius 1 is 0.976 bits per heavy atom. The minimum absolute atomic E-state index is 0.0363. The molecule has 9 heteroatoms. The second-order valence-corrected chi connectivity index (χ2v) is 10.4. The summed E-state index contributed by atoms with van der Waals surface area (Å²) in [5, 5.41) is 5.58. The van der Waals surface area contributed by atoms with Crippen molar-refractivity contribution in [2.75, 3.05) is 43.9 Å². The molecule has 1 unspecified atom stereocenters. The van der Waals surface area contributed by atoms with Crippen molar-refractivity contribution >= 4 is 40.5 Å². The van der Waals surface area contributed by atoms with Gasteiger partial charge in [0.1, 0.15) is 11.7 Å². The Hall–Kier alpha value is -4.37. The number of carbonyl (C=O) groups excluding carboxylic acids is 3. The Labute approximate surface area is 240 Å². The zero-order chi connectivity index (χ0) is 29.5. The van der Waals surface area contributed by atoms with E-state index in [0.717, 1.165) is 29.8 Å². The van der Waals surface area contributed by atoms with Gasteiger partial charge in [-0.1, -0.05) is 30.3 Å². The number of halogens is 1. The summed E-state index contributed by atoms with van der Waals surface area (Å²) < 4.78 is 13.9. The first kappa shape index (κ1) is 29.6. The maximum atomic E-state index is 13.9. The number of nitrogens with one attached hydrogen (secondary N) is 2. The molecule has 1 atom stereocenters. The molecule has 0 radical (unpaired) electrons. The predicted molar refractivity (Wildman–Crippen MR) is 160 cm³/mol. The van der Waals surface area contributed by atoms with Crippen molar-refractivity contribution in [1.29, 1.82) is 0 Å². The first-order valence-electron chi connectivity index (χ1n) is 13.7. The van der Waals surface area contributed by atoms with Crippen molar-refractivity contribution in [3.05, 3.63) is 89.2 Å². The number of rotatable bonds is 11. The average molecular weight is 558 g/mol. The molecule has 0 saturated heterocycles. The van der Waals surface area contributed by atoms with Gasteiger partial charge in [-0.25, -0.2) is 4.39 Å². The second-order valence-electron chi connectivity index (χ2n) is 10.4. The van der Waals surface area contributed by atoms with Crippen LogP contribution in [0.25, 0.3) is 0 Å². The maximum Gasteiger partial charge on any atom is 0.238 e. The van der Waals surface area contributed by atoms with Crippen molar-refractivity contribution in [3.63, 3.8) is 0 Å². The van der Waals surface area contributed by atoms with E-state index in [1.165, 1.54) is 19.1 Å². The van der Waals surface area contributed by atoms with Crippen LogP contribution >= 0.6 is 0 Å². The van der Waals surface area contributed by atoms with Gasteiger partial charge < -0.3 is 20.4 Å². The predicted octanol–water partition coefficient (Wildman–Crippen LogP) is 4.67. The van der Waals surface area contributed by atoms with Crippen LogP contribution in [0, 0.1) is 5.82 Å². The SMILES string of the molecule is CC(=O)NCCc1ccc(C(=Nc2ccc(N(CCCN(C)C)C(C)=O)cc2)C2C(=O)Nc3cc(F)ccc32)cc1. The topological polar surface area (TPSA) is 94.1 Å². The molecule has 0 aromatic heterocycles. The lowest BCUT2D eigenvalue weighted by Crippen LogP contribution is -2.31. The summed E-state index contributed by atoms with van der Waals surface area (Å²) in [4.78, 5) is 45.5. The summed E-state index contributed by atoms with van der Waals surface area (Å²) in [5.74, 6) is -1.55. The third-order valence-corrected chi connectivity index (χ3v) is 6.94. The summed E-state index contributed by atoms with van der Waals surface area (Å²) in [6.45, 7) is 5.04. The third-order valence-electron chi connectivity index (χ3n) is 6.94. The number of anilines is 2. The number of amides is 3. The average Bonchev–Trinajstić information content (AvgIpc) is 3.24. The van der Waals surface area contributed by atoms with Crippen molar-refractivity contribution in [3.8, 4) is 0 Å². The second kappa shape index (κ2) is 13.3. The van der Waals surface area contributed by atoms with E-state index in [9.17, 15) is 18.8 Å². The number of aliphatic imine (C=N–C) groups is 1. The van der Waals surface area contributed by atoms with Gasteiger partial charge in [-0.15, -0.1) is 0 Å². The van der Waals surface area contributed by atoms with E-state index >= 15 is 0 Å². The summed E-state index contributed by atoms with van der Waals surface area (Å²) in [6, 6.07) is 19.4. The Morgan fingerprint density at radius 3 is 2.32 bits per heavy atom. The van der Waals surface area contributed by atoms with Crippen LogP contribution in [0.5, 0.6) is 0 Å². The van der Waals surface area contributed by atoms with E-state index in [1.807, 2.05) is 62.6 Å². The van der Waals surface area contributed by atoms with Crippen LogP contribution in [-0.4, -0.2) is 62.1 Å². The molecule has 41 heavy (non-hydrogen) atoms. The normalized spacial score (nSPS) is 14.5. The van der Waals surface area contributed by atoms with E-state index in [-0.39, 0.29) is 17.7 Å². The van der Waals surface area contributed by atoms with Gasteiger partial charge in [0.05, 0.1) is 11.4 Å². The molecule has 0 saturated carbocycles. The van der Waals surface area contributed by atoms with Gasteiger partial charge in [-0.05, 0) is 86.6 Å². The highest BCUT2D eigenvalue weighted by molar-refractivity contribution is 6.24. The smallest absolute Gasteiger partial charge is 0.238 e. The van der Waals surface area contributed by atoms with Crippen LogP contribution in [0.4, 0.5) is 21.5 Å². The standard InChI is InChI=1S/C32H36FN5O3/c1-21(39)34-17-16-23-6-8-24(9-7-23)31(30-28-15-10-25(33)20-29(28)36-32(30)41)35-26-11-13-27(14-12-26)38(22(2)40)19-5-18-37(3)4/h6-15,20,30H,5,16-19H2,1-4H3,(H,34,39)(H,36,41). The third kappa shape index (κ3) is 7.64. The Balaban J connectivity index is 1.67. The zero-order valence-electron chi connectivity index (χ0n) is 23.9. The molecule has 1 aliphatic rings. The minimum Gasteiger partial charge on any atom is -0.356 e. The van der Waals surface area contributed by atoms with Gasteiger partial charge in [0, 0.05) is 38.3 Å². The lowest BCUT2D eigenvalue weighted by atomic mass is 9.90. The number of hydrogen-bond acceptors (Lipinski definition) is 5. The Morgan fingerprint density at radius 2 is 1.68 bits per heavy atom. The van der Waals surface area contributed by atoms with E-state index in [4.69, 9.17) is 4.99 Å². The van der Waals surface area contributed by atoms with E-state index in [0.29, 0.717) is 42.2 Å². The number of hydrogen-bond donors (Lipinski definition) is 2. The molecule has 3 aromatic rings. The first-order valence-corrected chi connectivity index (χ1v) is 13.7. The minimum atomic E-state index is -0.727. The molecule has 0 aliphatic carbocycles. The summed E-state index contributed by atoms with van der Waals surface area (Å²) >= 11 is 0. The van der Waals surface area contributed by atoms with E-state index in [2.05, 4.69) is 15.5 Å². The highest BCUT2D eigenvalue weighted by Gasteiger charge is 2.35. The Bertz CT molecular complexity index is 1430. The van der Waals surface area contributed by atoms with Gasteiger partial charge in [-0.2, -0.15) is 0 Å². The first-order chi connectivity index (χ1) is 19.6. The summed E-state index contributed by atoms with van der Waals surface area (Å²) in [7, 11) is 4.00. The van der Waals surface area contributed by atoms with Crippen LogP contribution in [0.1, 0.15) is 42.9 Å². The van der Waals surface area contributed by atoms with Gasteiger partial charge in [0.15, 0.2) is 0 Å². The molecule has 4 rings (SSSR count). The highest BCUT2D eigenvalue weighted by Crippen LogP contribution is 2.37. The largest absolute Gasteiger partial charge is 0.356 e. The molecular formula is C32H36FN5O3. The molecule has 3 amide bonds. The van der Waals surface area contributed by atoms with E-state index < -0.39 is 11.7 Å². The number of carbonyl (C=O) groups is 3. The van der Waals surface area contributed by atoms with Gasteiger partial charge in [0.25, 0.3) is 0 Å². The molecule has 214 valence electrons. The molecule has 2 N–H and O–H groups in total. The highest BCUT2D eigenvalue weighted by atomic mass is 19.1. The molecular weight excluding hydrogens is 521 g/mol. The number of fused-ring (bicyclic) bond motifs is 1. The molecule has 8 nitrogen and oxygen atoms in total. The number of nitrogens with zero attached hydrogens (tertiary/aromatic N) is 3. The fraction of sp³-hybridized carbons (Fsp3) is 0.312. The number of benzene rings is 3. The summed E-state index contributed by atoms with van der Waals surface area (Å²) in [6.07, 6.45) is 1.51. The summed E-state index contributed by atoms with van der Waals surface area (Å²) in [5.41, 5.74) is 4.81. The van der Waals surface area contributed by atoms with Crippen LogP contribution in [0.15, 0.2) is 71.7 Å². The van der Waals surface area contributed by atoms with Gasteiger partial charge >= 0.3 is 0 Å². The fourth-order valence-corrected chi connectivity index (χ4v) is 4.89. The lowest BCUT2D eigenvalue weighted by molar-refractivity contribution is -0.119. The van der Waals surface area contributed by atoms with Crippen LogP contribution < -0.4 is 15.5 Å². The van der Waals surface area contributed by atoms with E-state index in [1.54, 1.807) is 17.9 Å². The molecule has 3 aromatic carbocycles. The molecule has 1 aliphatic heterocycles. The van der Waals surface area contributed by atoms with Crippen LogP contribution in [0.2, 0.25) is 0 Å². The van der Waals surface area contributed by atoms with Crippen LogP contribution in [0.3, 0.4) is 0 Å². The van der Waals surface area contributed by atoms with Gasteiger partial charge in [0.2, 0.25) is 17.7 Å². The van der Waals surface area contributed by atoms with Crippen molar-refractivity contribution in [2.45, 2.75) is 32.6 Å². The van der Waals surface area contributed by atoms with Gasteiger partial charge in [-0.3, -0.25) is 19.4 Å². The Kier molecular flexibility index (Phi) is 9.62. The fourth-order valence-electron chi connectivity index (χ4n) is 4.89. The molecule has 0 bridgehead atoms.